The van der Waals surface area contributed by atoms with Crippen LogP contribution in [0.1, 0.15) is 17.5 Å². The van der Waals surface area contributed by atoms with E-state index in [1.54, 1.807) is 0 Å². The van der Waals surface area contributed by atoms with Gasteiger partial charge in [-0.3, -0.25) is 4.79 Å². The van der Waals surface area contributed by atoms with Crippen molar-refractivity contribution in [3.63, 3.8) is 0 Å². The summed E-state index contributed by atoms with van der Waals surface area (Å²) in [6.45, 7) is 0.806. The van der Waals surface area contributed by atoms with Crippen LogP contribution >= 0.6 is 11.8 Å². The van der Waals surface area contributed by atoms with Crippen LogP contribution in [0.3, 0.4) is 0 Å². The summed E-state index contributed by atoms with van der Waals surface area (Å²) in [7, 11) is 0. The van der Waals surface area contributed by atoms with Crippen molar-refractivity contribution in [3.05, 3.63) is 59.7 Å². The number of esters is 1. The van der Waals surface area contributed by atoms with Crippen LogP contribution in [0.15, 0.2) is 53.7 Å². The van der Waals surface area contributed by atoms with E-state index in [2.05, 4.69) is 4.98 Å². The Morgan fingerprint density at radius 2 is 1.96 bits per heavy atom. The monoisotopic (exact) mass is 392 g/mol. The molecular formula is C19H15F3N2O2S. The molecule has 0 saturated carbocycles. The first kappa shape index (κ1) is 17.9. The van der Waals surface area contributed by atoms with Gasteiger partial charge < -0.3 is 9.30 Å². The highest BCUT2D eigenvalue weighted by atomic mass is 32.2. The highest BCUT2D eigenvalue weighted by Gasteiger charge is 2.32. The molecule has 0 unspecified atom stereocenters. The van der Waals surface area contributed by atoms with Crippen molar-refractivity contribution in [2.45, 2.75) is 29.5 Å². The zero-order valence-corrected chi connectivity index (χ0v) is 14.9. The molecule has 1 saturated heterocycles. The van der Waals surface area contributed by atoms with E-state index in [0.717, 1.165) is 17.7 Å². The van der Waals surface area contributed by atoms with E-state index < -0.39 is 17.0 Å². The maximum Gasteiger partial charge on any atom is 0.416 e. The molecule has 1 aliphatic heterocycles. The van der Waals surface area contributed by atoms with Crippen LogP contribution in [0.2, 0.25) is 0 Å². The van der Waals surface area contributed by atoms with Gasteiger partial charge in [-0.1, -0.05) is 42.1 Å². The van der Waals surface area contributed by atoms with Gasteiger partial charge in [-0.2, -0.15) is 13.2 Å². The minimum absolute atomic E-state index is 0.259. The summed E-state index contributed by atoms with van der Waals surface area (Å²) in [5, 5.41) is 0.121. The van der Waals surface area contributed by atoms with Crippen LogP contribution in [0.25, 0.3) is 11.0 Å². The molecule has 0 amide bonds. The van der Waals surface area contributed by atoms with Crippen molar-refractivity contribution in [2.75, 3.05) is 6.61 Å². The van der Waals surface area contributed by atoms with Crippen LogP contribution in [-0.4, -0.2) is 27.4 Å². The molecule has 0 bridgehead atoms. The molecule has 140 valence electrons. The van der Waals surface area contributed by atoms with Gasteiger partial charge in [0.2, 0.25) is 0 Å². The van der Waals surface area contributed by atoms with Gasteiger partial charge in [-0.25, -0.2) is 4.98 Å². The lowest BCUT2D eigenvalue weighted by atomic mass is 10.2. The molecule has 0 spiro atoms. The number of nitrogens with zero attached hydrogens (tertiary/aromatic N) is 2. The van der Waals surface area contributed by atoms with Crippen LogP contribution in [-0.2, 0) is 22.3 Å². The Bertz CT molecular complexity index is 986. The van der Waals surface area contributed by atoms with Gasteiger partial charge in [0.25, 0.3) is 0 Å². The van der Waals surface area contributed by atoms with Gasteiger partial charge in [0.15, 0.2) is 5.16 Å². The van der Waals surface area contributed by atoms with Crippen LogP contribution in [0.4, 0.5) is 13.2 Å². The third-order valence-electron chi connectivity index (χ3n) is 4.36. The maximum atomic E-state index is 13.0. The first-order valence-corrected chi connectivity index (χ1v) is 9.24. The summed E-state index contributed by atoms with van der Waals surface area (Å²) in [5.41, 5.74) is 1.11. The first-order valence-electron chi connectivity index (χ1n) is 8.36. The second kappa shape index (κ2) is 6.92. The second-order valence-electron chi connectivity index (χ2n) is 6.23. The second-order valence-corrected chi connectivity index (χ2v) is 7.40. The number of imidazole rings is 1. The fraction of sp³-hybridized carbons (Fsp3) is 0.263. The number of aromatic nitrogens is 2. The van der Waals surface area contributed by atoms with Crippen molar-refractivity contribution in [3.8, 4) is 0 Å². The number of fused-ring (bicyclic) bond motifs is 1. The molecule has 2 aromatic carbocycles. The summed E-state index contributed by atoms with van der Waals surface area (Å²) >= 11 is 1.24. The molecule has 27 heavy (non-hydrogen) atoms. The third-order valence-corrected chi connectivity index (χ3v) is 5.59. The van der Waals surface area contributed by atoms with Crippen LogP contribution in [0, 0.1) is 0 Å². The number of carbonyl (C=O) groups excluding carboxylic acids is 1. The third kappa shape index (κ3) is 3.66. The van der Waals surface area contributed by atoms with E-state index >= 15 is 0 Å². The molecule has 0 radical (unpaired) electrons. The molecular weight excluding hydrogens is 377 g/mol. The van der Waals surface area contributed by atoms with Gasteiger partial charge >= 0.3 is 12.1 Å². The molecule has 1 aromatic heterocycles. The standard InChI is InChI=1S/C19H15F3N2O2S/c20-19(21,22)13-6-7-15-14(10-13)23-18(27-16-8-9-26-17(16)25)24(15)11-12-4-2-1-3-5-12/h1-7,10,16H,8-9,11H2/t16-/m0/s1. The fourth-order valence-corrected chi connectivity index (χ4v) is 4.08. The summed E-state index contributed by atoms with van der Waals surface area (Å²) in [6, 6.07) is 13.1. The number of cyclic esters (lactones) is 1. The molecule has 0 N–H and O–H groups in total. The molecule has 0 aliphatic carbocycles. The first-order chi connectivity index (χ1) is 12.9. The number of thioether (sulfide) groups is 1. The number of benzene rings is 2. The number of alkyl halides is 3. The molecule has 1 atom stereocenters. The van der Waals surface area contributed by atoms with Gasteiger partial charge in [0, 0.05) is 6.42 Å². The minimum Gasteiger partial charge on any atom is -0.465 e. The van der Waals surface area contributed by atoms with Crippen molar-refractivity contribution in [1.82, 2.24) is 9.55 Å². The number of hydrogen-bond acceptors (Lipinski definition) is 4. The highest BCUT2D eigenvalue weighted by molar-refractivity contribution is 8.00. The summed E-state index contributed by atoms with van der Waals surface area (Å²) in [6.07, 6.45) is -3.87. The molecule has 2 heterocycles. The van der Waals surface area contributed by atoms with Crippen molar-refractivity contribution in [1.29, 1.82) is 0 Å². The fourth-order valence-electron chi connectivity index (χ4n) is 3.00. The highest BCUT2D eigenvalue weighted by Crippen LogP contribution is 2.35. The topological polar surface area (TPSA) is 44.1 Å². The number of halogens is 3. The molecule has 4 nitrogen and oxygen atoms in total. The normalized spacial score (nSPS) is 17.4. The average Bonchev–Trinajstić information content (AvgIpc) is 3.19. The molecule has 3 aromatic rings. The lowest BCUT2D eigenvalue weighted by Gasteiger charge is -2.11. The lowest BCUT2D eigenvalue weighted by Crippen LogP contribution is -2.11. The summed E-state index contributed by atoms with van der Waals surface area (Å²) in [4.78, 5) is 16.2. The Kier molecular flexibility index (Phi) is 4.59. The van der Waals surface area contributed by atoms with E-state index in [0.29, 0.717) is 30.2 Å². The predicted molar refractivity (Wildman–Crippen MR) is 95.5 cm³/mol. The zero-order valence-electron chi connectivity index (χ0n) is 14.1. The van der Waals surface area contributed by atoms with E-state index in [-0.39, 0.29) is 11.5 Å². The Morgan fingerprint density at radius 1 is 1.19 bits per heavy atom. The lowest BCUT2D eigenvalue weighted by molar-refractivity contribution is -0.138. The van der Waals surface area contributed by atoms with E-state index in [1.807, 2.05) is 34.9 Å². The summed E-state index contributed by atoms with van der Waals surface area (Å²) < 4.78 is 46.0. The number of hydrogen-bond donors (Lipinski definition) is 0. The van der Waals surface area contributed by atoms with Gasteiger partial charge in [-0.15, -0.1) is 0 Å². The van der Waals surface area contributed by atoms with Crippen LogP contribution in [0.5, 0.6) is 0 Å². The largest absolute Gasteiger partial charge is 0.465 e. The van der Waals surface area contributed by atoms with Crippen molar-refractivity contribution >= 4 is 28.8 Å². The molecule has 1 fully saturated rings. The Labute approximate surface area is 157 Å². The molecule has 4 rings (SSSR count). The smallest absolute Gasteiger partial charge is 0.416 e. The predicted octanol–water partition coefficient (Wildman–Crippen LogP) is 4.51. The van der Waals surface area contributed by atoms with Crippen molar-refractivity contribution < 1.29 is 22.7 Å². The van der Waals surface area contributed by atoms with E-state index in [4.69, 9.17) is 4.74 Å². The number of ether oxygens (including phenoxy) is 1. The molecule has 1 aliphatic rings. The maximum absolute atomic E-state index is 13.0. The SMILES string of the molecule is O=C1OCC[C@@H]1Sc1nc2cc(C(F)(F)F)ccc2n1Cc1ccccc1. The van der Waals surface area contributed by atoms with Crippen LogP contribution < -0.4 is 0 Å². The van der Waals surface area contributed by atoms with Gasteiger partial charge in [-0.05, 0) is 23.8 Å². The van der Waals surface area contributed by atoms with E-state index in [1.165, 1.54) is 17.8 Å². The van der Waals surface area contributed by atoms with Gasteiger partial charge in [0.1, 0.15) is 5.25 Å². The Hall–Kier alpha value is -2.48. The number of rotatable bonds is 4. The van der Waals surface area contributed by atoms with E-state index in [9.17, 15) is 18.0 Å². The number of carbonyl (C=O) groups is 1. The molecule has 8 heteroatoms. The minimum atomic E-state index is -4.43. The zero-order chi connectivity index (χ0) is 19.0. The average molecular weight is 392 g/mol. The quantitative estimate of drug-likeness (QED) is 0.613. The summed E-state index contributed by atoms with van der Waals surface area (Å²) in [5.74, 6) is -0.311. The Balaban J connectivity index is 1.78. The Morgan fingerprint density at radius 3 is 2.63 bits per heavy atom. The van der Waals surface area contributed by atoms with Crippen molar-refractivity contribution in [2.24, 2.45) is 0 Å². The van der Waals surface area contributed by atoms with Gasteiger partial charge in [0.05, 0.1) is 29.7 Å².